The van der Waals surface area contributed by atoms with Crippen LogP contribution in [0.4, 0.5) is 0 Å². The Balaban J connectivity index is 2.38. The van der Waals surface area contributed by atoms with Gasteiger partial charge in [0, 0.05) is 6.54 Å². The summed E-state index contributed by atoms with van der Waals surface area (Å²) in [6.07, 6.45) is 1.81. The van der Waals surface area contributed by atoms with Crippen LogP contribution in [-0.4, -0.2) is 19.7 Å². The van der Waals surface area contributed by atoms with Crippen molar-refractivity contribution in [3.05, 3.63) is 42.0 Å². The van der Waals surface area contributed by atoms with Gasteiger partial charge in [0.2, 0.25) is 0 Å². The lowest BCUT2D eigenvalue weighted by molar-refractivity contribution is 0.365. The molecule has 0 heterocycles. The Kier molecular flexibility index (Phi) is 5.92. The van der Waals surface area contributed by atoms with E-state index in [1.54, 1.807) is 0 Å². The summed E-state index contributed by atoms with van der Waals surface area (Å²) in [5.74, 6) is 6.92. The third-order valence-corrected chi connectivity index (χ3v) is 2.32. The smallest absolute Gasteiger partial charge is 0.149 e. The predicted molar refractivity (Wildman–Crippen MR) is 72.3 cm³/mol. The Morgan fingerprint density at radius 1 is 1.29 bits per heavy atom. The molecule has 90 valence electrons. The molecular formula is C15H19NO. The van der Waals surface area contributed by atoms with Gasteiger partial charge in [-0.15, -0.1) is 6.58 Å². The summed E-state index contributed by atoms with van der Waals surface area (Å²) >= 11 is 0. The van der Waals surface area contributed by atoms with Crippen LogP contribution < -0.4 is 10.1 Å². The van der Waals surface area contributed by atoms with Crippen molar-refractivity contribution in [3.63, 3.8) is 0 Å². The largest absolute Gasteiger partial charge is 0.480 e. The average Bonchev–Trinajstić information content (AvgIpc) is 2.31. The van der Waals surface area contributed by atoms with Gasteiger partial charge in [0.05, 0.1) is 6.54 Å². The maximum absolute atomic E-state index is 5.65. The lowest BCUT2D eigenvalue weighted by atomic mass is 10.1. The number of ether oxygens (including phenoxy) is 1. The Morgan fingerprint density at radius 2 is 2.00 bits per heavy atom. The van der Waals surface area contributed by atoms with Gasteiger partial charge < -0.3 is 10.1 Å². The molecule has 2 nitrogen and oxygen atoms in total. The first-order chi connectivity index (χ1) is 8.25. The average molecular weight is 229 g/mol. The van der Waals surface area contributed by atoms with E-state index >= 15 is 0 Å². The topological polar surface area (TPSA) is 21.3 Å². The number of nitrogens with one attached hydrogen (secondary N) is 1. The zero-order valence-corrected chi connectivity index (χ0v) is 10.5. The number of rotatable bonds is 5. The molecular weight excluding hydrogens is 210 g/mol. The highest BCUT2D eigenvalue weighted by Crippen LogP contribution is 2.21. The minimum absolute atomic E-state index is 0.432. The molecule has 0 aromatic heterocycles. The molecule has 0 radical (unpaired) electrons. The van der Waals surface area contributed by atoms with Crippen LogP contribution in [0.2, 0.25) is 0 Å². The molecule has 0 aliphatic rings. The van der Waals surface area contributed by atoms with Crippen LogP contribution in [0.3, 0.4) is 0 Å². The summed E-state index contributed by atoms with van der Waals surface area (Å²) in [5, 5.41) is 3.11. The van der Waals surface area contributed by atoms with E-state index in [0.29, 0.717) is 13.2 Å². The summed E-state index contributed by atoms with van der Waals surface area (Å²) in [4.78, 5) is 0. The molecule has 0 saturated carbocycles. The molecule has 0 bridgehead atoms. The highest BCUT2D eigenvalue weighted by molar-refractivity contribution is 5.39. The molecule has 1 N–H and O–H groups in total. The van der Waals surface area contributed by atoms with Crippen molar-refractivity contribution >= 4 is 0 Å². The van der Waals surface area contributed by atoms with Gasteiger partial charge in [0.1, 0.15) is 12.4 Å². The Labute approximate surface area is 104 Å². The molecule has 0 spiro atoms. The summed E-state index contributed by atoms with van der Waals surface area (Å²) in [5.41, 5.74) is 2.30. The first kappa shape index (κ1) is 13.3. The molecule has 1 aromatic carbocycles. The SMILES string of the molecule is C=CCNCC#CCOc1c(C)cccc1C. The van der Waals surface area contributed by atoms with Gasteiger partial charge in [0.25, 0.3) is 0 Å². The van der Waals surface area contributed by atoms with Gasteiger partial charge in [-0.1, -0.05) is 36.1 Å². The fourth-order valence-electron chi connectivity index (χ4n) is 1.49. The second-order valence-electron chi connectivity index (χ2n) is 3.78. The Bertz CT molecular complexity index is 406. The summed E-state index contributed by atoms with van der Waals surface area (Å²) < 4.78 is 5.65. The second kappa shape index (κ2) is 7.54. The van der Waals surface area contributed by atoms with Gasteiger partial charge in [-0.2, -0.15) is 0 Å². The van der Waals surface area contributed by atoms with E-state index in [4.69, 9.17) is 4.74 Å². The van der Waals surface area contributed by atoms with Crippen molar-refractivity contribution in [2.24, 2.45) is 0 Å². The molecule has 0 saturated heterocycles. The third kappa shape index (κ3) is 4.76. The number of hydrogen-bond donors (Lipinski definition) is 1. The second-order valence-corrected chi connectivity index (χ2v) is 3.78. The first-order valence-electron chi connectivity index (χ1n) is 5.72. The minimum Gasteiger partial charge on any atom is -0.480 e. The Hall–Kier alpha value is -1.72. The first-order valence-corrected chi connectivity index (χ1v) is 5.72. The quantitative estimate of drug-likeness (QED) is 0.476. The van der Waals surface area contributed by atoms with Crippen LogP contribution in [0.5, 0.6) is 5.75 Å². The highest BCUT2D eigenvalue weighted by atomic mass is 16.5. The fourth-order valence-corrected chi connectivity index (χ4v) is 1.49. The van der Waals surface area contributed by atoms with Crippen molar-refractivity contribution in [2.45, 2.75) is 13.8 Å². The lowest BCUT2D eigenvalue weighted by Crippen LogP contribution is -2.13. The van der Waals surface area contributed by atoms with E-state index in [1.807, 2.05) is 38.1 Å². The van der Waals surface area contributed by atoms with Crippen molar-refractivity contribution in [1.82, 2.24) is 5.32 Å². The van der Waals surface area contributed by atoms with E-state index < -0.39 is 0 Å². The van der Waals surface area contributed by atoms with Crippen molar-refractivity contribution < 1.29 is 4.74 Å². The number of para-hydroxylation sites is 1. The molecule has 0 unspecified atom stereocenters. The monoisotopic (exact) mass is 229 g/mol. The number of aryl methyl sites for hydroxylation is 2. The maximum atomic E-state index is 5.65. The van der Waals surface area contributed by atoms with Crippen LogP contribution in [0.25, 0.3) is 0 Å². The van der Waals surface area contributed by atoms with Crippen molar-refractivity contribution in [3.8, 4) is 17.6 Å². The van der Waals surface area contributed by atoms with E-state index in [-0.39, 0.29) is 0 Å². The van der Waals surface area contributed by atoms with Gasteiger partial charge in [-0.05, 0) is 25.0 Å². The normalized spacial score (nSPS) is 9.29. The third-order valence-electron chi connectivity index (χ3n) is 2.32. The van der Waals surface area contributed by atoms with E-state index in [0.717, 1.165) is 23.4 Å². The maximum Gasteiger partial charge on any atom is 0.149 e. The summed E-state index contributed by atoms with van der Waals surface area (Å²) in [6.45, 7) is 9.59. The molecule has 2 heteroatoms. The summed E-state index contributed by atoms with van der Waals surface area (Å²) in [6, 6.07) is 6.12. The van der Waals surface area contributed by atoms with Crippen molar-refractivity contribution in [2.75, 3.05) is 19.7 Å². The van der Waals surface area contributed by atoms with E-state index in [1.165, 1.54) is 0 Å². The van der Waals surface area contributed by atoms with Crippen molar-refractivity contribution in [1.29, 1.82) is 0 Å². The molecule has 0 aliphatic heterocycles. The lowest BCUT2D eigenvalue weighted by Gasteiger charge is -2.08. The molecule has 0 atom stereocenters. The number of benzene rings is 1. The van der Waals surface area contributed by atoms with Crippen LogP contribution in [0.1, 0.15) is 11.1 Å². The van der Waals surface area contributed by atoms with Gasteiger partial charge >= 0.3 is 0 Å². The zero-order valence-electron chi connectivity index (χ0n) is 10.5. The van der Waals surface area contributed by atoms with E-state index in [2.05, 4.69) is 23.7 Å². The fraction of sp³-hybridized carbons (Fsp3) is 0.333. The molecule has 1 rings (SSSR count). The van der Waals surface area contributed by atoms with Crippen LogP contribution in [0, 0.1) is 25.7 Å². The Morgan fingerprint density at radius 3 is 2.65 bits per heavy atom. The minimum atomic E-state index is 0.432. The van der Waals surface area contributed by atoms with E-state index in [9.17, 15) is 0 Å². The molecule has 0 aliphatic carbocycles. The predicted octanol–water partition coefficient (Wildman–Crippen LogP) is 2.46. The summed E-state index contributed by atoms with van der Waals surface area (Å²) in [7, 11) is 0. The van der Waals surface area contributed by atoms with Gasteiger partial charge in [-0.25, -0.2) is 0 Å². The van der Waals surface area contributed by atoms with Crippen LogP contribution in [-0.2, 0) is 0 Å². The number of hydrogen-bond acceptors (Lipinski definition) is 2. The molecule has 17 heavy (non-hydrogen) atoms. The standard InChI is InChI=1S/C15H19NO/c1-4-10-16-11-5-6-12-17-15-13(2)8-7-9-14(15)3/h4,7-9,16H,1,10-12H2,2-3H3. The molecule has 0 fully saturated rings. The van der Waals surface area contributed by atoms with Gasteiger partial charge in [-0.3, -0.25) is 0 Å². The van der Waals surface area contributed by atoms with Crippen LogP contribution in [0.15, 0.2) is 30.9 Å². The zero-order chi connectivity index (χ0) is 12.5. The van der Waals surface area contributed by atoms with Gasteiger partial charge in [0.15, 0.2) is 0 Å². The molecule has 0 amide bonds. The molecule has 1 aromatic rings. The van der Waals surface area contributed by atoms with Crippen LogP contribution >= 0.6 is 0 Å². The highest BCUT2D eigenvalue weighted by Gasteiger charge is 2.00.